The molecular formula is C21H23N5O. The second-order valence-corrected chi connectivity index (χ2v) is 7.69. The lowest BCUT2D eigenvalue weighted by molar-refractivity contribution is -0.129. The molecule has 6 heteroatoms. The standard InChI is InChI=1S/C21H23N5O/c1-15-4-5-20-23-17(13-25(20)11-15)14-26-18-6-8-24(19(18)9-21(26)27)12-16-3-2-7-22-10-16/h2-5,7,10-11,13,18-19H,6,8-9,12,14H2,1H3/t18-,19-/m0/s1. The molecule has 6 nitrogen and oxygen atoms in total. The number of aromatic nitrogens is 3. The summed E-state index contributed by atoms with van der Waals surface area (Å²) < 4.78 is 2.05. The quantitative estimate of drug-likeness (QED) is 0.716. The molecule has 2 fully saturated rings. The summed E-state index contributed by atoms with van der Waals surface area (Å²) >= 11 is 0. The predicted octanol–water partition coefficient (Wildman–Crippen LogP) is 2.41. The molecule has 0 aliphatic carbocycles. The van der Waals surface area contributed by atoms with Crippen LogP contribution >= 0.6 is 0 Å². The zero-order valence-corrected chi connectivity index (χ0v) is 15.5. The van der Waals surface area contributed by atoms with Crippen LogP contribution in [-0.4, -0.2) is 48.7 Å². The van der Waals surface area contributed by atoms with E-state index in [9.17, 15) is 4.79 Å². The number of aryl methyl sites for hydroxylation is 1. The summed E-state index contributed by atoms with van der Waals surface area (Å²) in [6.45, 7) is 4.56. The Balaban J connectivity index is 1.33. The second-order valence-electron chi connectivity index (χ2n) is 7.69. The number of carbonyl (C=O) groups is 1. The number of likely N-dealkylation sites (tertiary alicyclic amines) is 2. The van der Waals surface area contributed by atoms with Crippen molar-refractivity contribution in [1.82, 2.24) is 24.2 Å². The molecule has 2 aliphatic heterocycles. The minimum absolute atomic E-state index is 0.245. The maximum absolute atomic E-state index is 12.7. The summed E-state index contributed by atoms with van der Waals surface area (Å²) in [5.41, 5.74) is 4.30. The molecule has 138 valence electrons. The zero-order chi connectivity index (χ0) is 18.4. The Kier molecular flexibility index (Phi) is 3.93. The Bertz CT molecular complexity index is 983. The fraction of sp³-hybridized carbons (Fsp3) is 0.381. The van der Waals surface area contributed by atoms with Crippen LogP contribution in [0.3, 0.4) is 0 Å². The van der Waals surface area contributed by atoms with Gasteiger partial charge in [0.1, 0.15) is 5.65 Å². The zero-order valence-electron chi connectivity index (χ0n) is 15.5. The number of amides is 1. The van der Waals surface area contributed by atoms with Crippen molar-refractivity contribution in [1.29, 1.82) is 0 Å². The van der Waals surface area contributed by atoms with Crippen LogP contribution in [0.2, 0.25) is 0 Å². The van der Waals surface area contributed by atoms with E-state index < -0.39 is 0 Å². The van der Waals surface area contributed by atoms with E-state index in [2.05, 4.69) is 35.1 Å². The van der Waals surface area contributed by atoms with Gasteiger partial charge >= 0.3 is 0 Å². The van der Waals surface area contributed by atoms with E-state index in [4.69, 9.17) is 4.98 Å². The van der Waals surface area contributed by atoms with Crippen LogP contribution in [0.1, 0.15) is 29.7 Å². The number of nitrogens with zero attached hydrogens (tertiary/aromatic N) is 5. The van der Waals surface area contributed by atoms with Crippen molar-refractivity contribution in [2.45, 2.75) is 44.9 Å². The van der Waals surface area contributed by atoms with E-state index in [1.54, 1.807) is 6.20 Å². The van der Waals surface area contributed by atoms with Crippen LogP contribution in [-0.2, 0) is 17.9 Å². The van der Waals surface area contributed by atoms with Crippen molar-refractivity contribution >= 4 is 11.6 Å². The van der Waals surface area contributed by atoms with Crippen LogP contribution in [0.25, 0.3) is 5.65 Å². The normalized spacial score (nSPS) is 22.7. The van der Waals surface area contributed by atoms with Crippen molar-refractivity contribution in [2.24, 2.45) is 0 Å². The van der Waals surface area contributed by atoms with Gasteiger partial charge in [-0.15, -0.1) is 0 Å². The van der Waals surface area contributed by atoms with E-state index in [0.29, 0.717) is 25.0 Å². The first kappa shape index (κ1) is 16.4. The van der Waals surface area contributed by atoms with Gasteiger partial charge in [0.05, 0.1) is 12.2 Å². The highest BCUT2D eigenvalue weighted by molar-refractivity contribution is 5.80. The van der Waals surface area contributed by atoms with Gasteiger partial charge in [-0.05, 0) is 36.6 Å². The van der Waals surface area contributed by atoms with Crippen molar-refractivity contribution in [3.63, 3.8) is 0 Å². The summed E-state index contributed by atoms with van der Waals surface area (Å²) in [4.78, 5) is 26.1. The maximum Gasteiger partial charge on any atom is 0.224 e. The van der Waals surface area contributed by atoms with Crippen LogP contribution in [0, 0.1) is 6.92 Å². The number of pyridine rings is 2. The highest BCUT2D eigenvalue weighted by atomic mass is 16.2. The third-order valence-electron chi connectivity index (χ3n) is 5.82. The molecule has 2 aliphatic rings. The van der Waals surface area contributed by atoms with Gasteiger partial charge in [-0.1, -0.05) is 12.1 Å². The van der Waals surface area contributed by atoms with Crippen LogP contribution in [0.15, 0.2) is 49.1 Å². The highest BCUT2D eigenvalue weighted by Crippen LogP contribution is 2.34. The van der Waals surface area contributed by atoms with E-state index in [1.807, 2.05) is 33.8 Å². The van der Waals surface area contributed by atoms with Gasteiger partial charge in [0.2, 0.25) is 5.91 Å². The van der Waals surface area contributed by atoms with Gasteiger partial charge in [-0.2, -0.15) is 0 Å². The molecule has 1 amide bonds. The van der Waals surface area contributed by atoms with Crippen molar-refractivity contribution in [3.8, 4) is 0 Å². The van der Waals surface area contributed by atoms with Crippen LogP contribution in [0.5, 0.6) is 0 Å². The minimum Gasteiger partial charge on any atom is -0.332 e. The number of rotatable bonds is 4. The lowest BCUT2D eigenvalue weighted by Crippen LogP contribution is -2.36. The Hall–Kier alpha value is -2.73. The Labute approximate surface area is 158 Å². The average Bonchev–Trinajstić information content (AvgIpc) is 3.32. The molecular weight excluding hydrogens is 338 g/mol. The van der Waals surface area contributed by atoms with E-state index in [0.717, 1.165) is 30.9 Å². The highest BCUT2D eigenvalue weighted by Gasteiger charge is 2.46. The van der Waals surface area contributed by atoms with Gasteiger partial charge in [0, 0.05) is 56.4 Å². The molecule has 0 radical (unpaired) electrons. The molecule has 5 rings (SSSR count). The topological polar surface area (TPSA) is 53.7 Å². The maximum atomic E-state index is 12.7. The predicted molar refractivity (Wildman–Crippen MR) is 102 cm³/mol. The van der Waals surface area contributed by atoms with Gasteiger partial charge in [0.25, 0.3) is 0 Å². The molecule has 27 heavy (non-hydrogen) atoms. The SMILES string of the molecule is Cc1ccc2nc(CN3C(=O)C[C@H]4[C@@H]3CCN4Cc3cccnc3)cn2c1. The van der Waals surface area contributed by atoms with Gasteiger partial charge in [0.15, 0.2) is 0 Å². The molecule has 0 aromatic carbocycles. The second kappa shape index (κ2) is 6.46. The largest absolute Gasteiger partial charge is 0.332 e. The molecule has 0 bridgehead atoms. The van der Waals surface area contributed by atoms with Crippen molar-refractivity contribution in [2.75, 3.05) is 6.54 Å². The average molecular weight is 361 g/mol. The molecule has 2 saturated heterocycles. The van der Waals surface area contributed by atoms with Crippen molar-refractivity contribution < 1.29 is 4.79 Å². The number of hydrogen-bond acceptors (Lipinski definition) is 4. The minimum atomic E-state index is 0.245. The molecule has 0 spiro atoms. The number of hydrogen-bond donors (Lipinski definition) is 0. The monoisotopic (exact) mass is 361 g/mol. The van der Waals surface area contributed by atoms with E-state index in [1.165, 1.54) is 11.1 Å². The van der Waals surface area contributed by atoms with E-state index >= 15 is 0 Å². The van der Waals surface area contributed by atoms with Gasteiger partial charge in [-0.3, -0.25) is 14.7 Å². The number of imidazole rings is 1. The molecule has 3 aromatic rings. The first-order valence-corrected chi connectivity index (χ1v) is 9.54. The molecule has 5 heterocycles. The van der Waals surface area contributed by atoms with E-state index in [-0.39, 0.29) is 5.91 Å². The van der Waals surface area contributed by atoms with Crippen LogP contribution in [0.4, 0.5) is 0 Å². The fourth-order valence-electron chi connectivity index (χ4n) is 4.54. The number of fused-ring (bicyclic) bond motifs is 2. The molecule has 3 aromatic heterocycles. The Morgan fingerprint density at radius 2 is 2.07 bits per heavy atom. The Morgan fingerprint density at radius 3 is 2.93 bits per heavy atom. The van der Waals surface area contributed by atoms with Crippen LogP contribution < -0.4 is 0 Å². The smallest absolute Gasteiger partial charge is 0.224 e. The van der Waals surface area contributed by atoms with Crippen molar-refractivity contribution in [3.05, 3.63) is 65.9 Å². The lowest BCUT2D eigenvalue weighted by Gasteiger charge is -2.25. The molecule has 0 unspecified atom stereocenters. The lowest BCUT2D eigenvalue weighted by atomic mass is 10.1. The third-order valence-corrected chi connectivity index (χ3v) is 5.82. The molecule has 0 N–H and O–H groups in total. The summed E-state index contributed by atoms with van der Waals surface area (Å²) in [6.07, 6.45) is 9.48. The van der Waals surface area contributed by atoms with Gasteiger partial charge < -0.3 is 9.30 Å². The summed E-state index contributed by atoms with van der Waals surface area (Å²) in [5, 5.41) is 0. The summed E-state index contributed by atoms with van der Waals surface area (Å²) in [7, 11) is 0. The molecule has 2 atom stereocenters. The number of carbonyl (C=O) groups excluding carboxylic acids is 1. The molecule has 0 saturated carbocycles. The summed E-state index contributed by atoms with van der Waals surface area (Å²) in [6, 6.07) is 8.76. The first-order chi connectivity index (χ1) is 13.2. The Morgan fingerprint density at radius 1 is 1.15 bits per heavy atom. The fourth-order valence-corrected chi connectivity index (χ4v) is 4.54. The van der Waals surface area contributed by atoms with Gasteiger partial charge in [-0.25, -0.2) is 4.98 Å². The third kappa shape index (κ3) is 3.00. The summed E-state index contributed by atoms with van der Waals surface area (Å²) in [5.74, 6) is 0.245. The first-order valence-electron chi connectivity index (χ1n) is 9.54.